The maximum atomic E-state index is 13.1. The number of nitrogens with zero attached hydrogens (tertiary/aromatic N) is 1. The van der Waals surface area contributed by atoms with Gasteiger partial charge < -0.3 is 19.1 Å². The Labute approximate surface area is 185 Å². The molecule has 0 radical (unpaired) electrons. The Balaban J connectivity index is 2.05. The Morgan fingerprint density at radius 3 is 2.31 bits per heavy atom. The van der Waals surface area contributed by atoms with Crippen molar-refractivity contribution < 1.29 is 37.0 Å². The molecule has 0 saturated carbocycles. The molecule has 0 unspecified atom stereocenters. The first-order valence-electron chi connectivity index (χ1n) is 9.53. The Kier molecular flexibility index (Phi) is 6.68. The summed E-state index contributed by atoms with van der Waals surface area (Å²) in [7, 11) is -0.471. The standard InChI is InChI=1S/C21H22N2O8S/c1-29-18-9-7-14(12-17(18)23-10-4-5-19(23)24)32(27,28)22-16-11-13(20(25)30-2)6-8-15(16)21(26)31-3/h6-9,11-12,22H,4-5,10H2,1-3H3. The van der Waals surface area contributed by atoms with Gasteiger partial charge in [0.2, 0.25) is 5.91 Å². The highest BCUT2D eigenvalue weighted by atomic mass is 32.2. The third-order valence-corrected chi connectivity index (χ3v) is 6.28. The fourth-order valence-corrected chi connectivity index (χ4v) is 4.41. The second-order valence-electron chi connectivity index (χ2n) is 6.83. The predicted molar refractivity (Wildman–Crippen MR) is 115 cm³/mol. The zero-order valence-electron chi connectivity index (χ0n) is 17.7. The average Bonchev–Trinajstić information content (AvgIpc) is 3.22. The van der Waals surface area contributed by atoms with Gasteiger partial charge in [-0.15, -0.1) is 0 Å². The van der Waals surface area contributed by atoms with E-state index in [2.05, 4.69) is 9.46 Å². The molecule has 0 bridgehead atoms. The van der Waals surface area contributed by atoms with Crippen molar-refractivity contribution in [2.45, 2.75) is 17.7 Å². The number of carbonyl (C=O) groups excluding carboxylic acids is 3. The fraction of sp³-hybridized carbons (Fsp3) is 0.286. The molecule has 1 N–H and O–H groups in total. The van der Waals surface area contributed by atoms with Crippen molar-refractivity contribution in [3.63, 3.8) is 0 Å². The number of hydrogen-bond donors (Lipinski definition) is 1. The van der Waals surface area contributed by atoms with E-state index in [0.717, 1.165) is 7.11 Å². The molecule has 11 heteroatoms. The average molecular weight is 462 g/mol. The van der Waals surface area contributed by atoms with E-state index < -0.39 is 22.0 Å². The molecule has 170 valence electrons. The van der Waals surface area contributed by atoms with Crippen molar-refractivity contribution in [1.82, 2.24) is 0 Å². The summed E-state index contributed by atoms with van der Waals surface area (Å²) in [5.41, 5.74) is 0.117. The van der Waals surface area contributed by atoms with Crippen LogP contribution in [0.15, 0.2) is 41.3 Å². The Hall–Kier alpha value is -3.60. The number of sulfonamides is 1. The molecule has 2 aromatic carbocycles. The van der Waals surface area contributed by atoms with E-state index in [4.69, 9.17) is 9.47 Å². The quantitative estimate of drug-likeness (QED) is 0.620. The molecule has 10 nitrogen and oxygen atoms in total. The van der Waals surface area contributed by atoms with Crippen molar-refractivity contribution in [2.24, 2.45) is 0 Å². The smallest absolute Gasteiger partial charge is 0.339 e. The van der Waals surface area contributed by atoms with Crippen LogP contribution in [0.4, 0.5) is 11.4 Å². The highest BCUT2D eigenvalue weighted by molar-refractivity contribution is 7.92. The van der Waals surface area contributed by atoms with Crippen LogP contribution < -0.4 is 14.4 Å². The minimum Gasteiger partial charge on any atom is -0.495 e. The number of amides is 1. The SMILES string of the molecule is COC(=O)c1ccc(C(=O)OC)c(NS(=O)(=O)c2ccc(OC)c(N3CCCC3=O)c2)c1. The van der Waals surface area contributed by atoms with Gasteiger partial charge in [0.25, 0.3) is 10.0 Å². The molecule has 0 spiro atoms. The van der Waals surface area contributed by atoms with Crippen LogP contribution in [0.2, 0.25) is 0 Å². The van der Waals surface area contributed by atoms with Gasteiger partial charge in [-0.2, -0.15) is 0 Å². The first-order valence-corrected chi connectivity index (χ1v) is 11.0. The van der Waals surface area contributed by atoms with Crippen LogP contribution in [0.5, 0.6) is 5.75 Å². The van der Waals surface area contributed by atoms with Crippen LogP contribution in [0.3, 0.4) is 0 Å². The number of benzene rings is 2. The fourth-order valence-electron chi connectivity index (χ4n) is 3.32. The largest absolute Gasteiger partial charge is 0.495 e. The van der Waals surface area contributed by atoms with Crippen LogP contribution in [0.25, 0.3) is 0 Å². The van der Waals surface area contributed by atoms with Crippen molar-refractivity contribution in [2.75, 3.05) is 37.5 Å². The van der Waals surface area contributed by atoms with Crippen molar-refractivity contribution in [3.8, 4) is 5.75 Å². The number of ether oxygens (including phenoxy) is 3. The summed E-state index contributed by atoms with van der Waals surface area (Å²) in [6.07, 6.45) is 1.02. The summed E-state index contributed by atoms with van der Waals surface area (Å²) in [4.78, 5) is 37.5. The van der Waals surface area contributed by atoms with Gasteiger partial charge in [0, 0.05) is 13.0 Å². The van der Waals surface area contributed by atoms with Gasteiger partial charge in [0.1, 0.15) is 5.75 Å². The molecular weight excluding hydrogens is 440 g/mol. The number of hydrogen-bond acceptors (Lipinski definition) is 8. The number of rotatable bonds is 7. The molecular formula is C21H22N2O8S. The summed E-state index contributed by atoms with van der Waals surface area (Å²) in [5, 5.41) is 0. The van der Waals surface area contributed by atoms with Gasteiger partial charge in [-0.05, 0) is 42.8 Å². The number of carbonyl (C=O) groups is 3. The lowest BCUT2D eigenvalue weighted by Gasteiger charge is -2.20. The minimum atomic E-state index is -4.22. The topological polar surface area (TPSA) is 128 Å². The highest BCUT2D eigenvalue weighted by Gasteiger charge is 2.27. The molecule has 3 rings (SSSR count). The van der Waals surface area contributed by atoms with Crippen LogP contribution in [-0.2, 0) is 24.3 Å². The molecule has 1 saturated heterocycles. The van der Waals surface area contributed by atoms with E-state index in [1.165, 1.54) is 55.5 Å². The molecule has 32 heavy (non-hydrogen) atoms. The number of nitrogens with one attached hydrogen (secondary N) is 1. The minimum absolute atomic E-state index is 0.0379. The number of anilines is 2. The summed E-state index contributed by atoms with van der Waals surface area (Å²) >= 11 is 0. The van der Waals surface area contributed by atoms with E-state index in [1.807, 2.05) is 0 Å². The lowest BCUT2D eigenvalue weighted by molar-refractivity contribution is -0.117. The first kappa shape index (κ1) is 23.1. The van der Waals surface area contributed by atoms with E-state index >= 15 is 0 Å². The molecule has 0 aliphatic carbocycles. The maximum Gasteiger partial charge on any atom is 0.339 e. The van der Waals surface area contributed by atoms with E-state index in [-0.39, 0.29) is 27.6 Å². The number of esters is 2. The van der Waals surface area contributed by atoms with Crippen LogP contribution in [0, 0.1) is 0 Å². The Morgan fingerprint density at radius 1 is 1.00 bits per heavy atom. The first-order chi connectivity index (χ1) is 15.2. The van der Waals surface area contributed by atoms with E-state index in [1.54, 1.807) is 0 Å². The van der Waals surface area contributed by atoms with Gasteiger partial charge in [0.05, 0.1) is 48.7 Å². The zero-order chi connectivity index (χ0) is 23.5. The van der Waals surface area contributed by atoms with Crippen LogP contribution in [-0.4, -0.2) is 54.1 Å². The van der Waals surface area contributed by atoms with E-state index in [9.17, 15) is 22.8 Å². The molecule has 2 aromatic rings. The zero-order valence-corrected chi connectivity index (χ0v) is 18.5. The molecule has 0 aromatic heterocycles. The molecule has 1 heterocycles. The van der Waals surface area contributed by atoms with Crippen LogP contribution in [0.1, 0.15) is 33.6 Å². The van der Waals surface area contributed by atoms with E-state index in [0.29, 0.717) is 30.8 Å². The predicted octanol–water partition coefficient (Wildman–Crippen LogP) is 2.20. The molecule has 1 fully saturated rings. The Bertz CT molecular complexity index is 1180. The van der Waals surface area contributed by atoms with Crippen molar-refractivity contribution in [3.05, 3.63) is 47.5 Å². The Morgan fingerprint density at radius 2 is 1.72 bits per heavy atom. The van der Waals surface area contributed by atoms with Gasteiger partial charge in [-0.1, -0.05) is 0 Å². The van der Waals surface area contributed by atoms with Gasteiger partial charge in [-0.3, -0.25) is 9.52 Å². The van der Waals surface area contributed by atoms with Gasteiger partial charge in [0.15, 0.2) is 0 Å². The summed E-state index contributed by atoms with van der Waals surface area (Å²) in [6.45, 7) is 0.444. The van der Waals surface area contributed by atoms with Crippen molar-refractivity contribution in [1.29, 1.82) is 0 Å². The molecule has 1 aliphatic rings. The molecule has 1 aliphatic heterocycles. The third kappa shape index (κ3) is 4.52. The lowest BCUT2D eigenvalue weighted by Crippen LogP contribution is -2.25. The monoisotopic (exact) mass is 462 g/mol. The highest BCUT2D eigenvalue weighted by Crippen LogP contribution is 2.34. The molecule has 0 atom stereocenters. The normalized spacial score (nSPS) is 13.6. The van der Waals surface area contributed by atoms with Crippen LogP contribution >= 0.6 is 0 Å². The van der Waals surface area contributed by atoms with Crippen molar-refractivity contribution >= 4 is 39.2 Å². The lowest BCUT2D eigenvalue weighted by atomic mass is 10.1. The summed E-state index contributed by atoms with van der Waals surface area (Å²) < 4.78 is 43.3. The van der Waals surface area contributed by atoms with Gasteiger partial charge in [-0.25, -0.2) is 18.0 Å². The third-order valence-electron chi connectivity index (χ3n) is 4.92. The van der Waals surface area contributed by atoms with Gasteiger partial charge >= 0.3 is 11.9 Å². The summed E-state index contributed by atoms with van der Waals surface area (Å²) in [5.74, 6) is -1.29. The second-order valence-corrected chi connectivity index (χ2v) is 8.51. The maximum absolute atomic E-state index is 13.1. The summed E-state index contributed by atoms with van der Waals surface area (Å²) in [6, 6.07) is 7.85. The number of methoxy groups -OCH3 is 3. The second kappa shape index (κ2) is 9.27. The molecule has 1 amide bonds.